The lowest BCUT2D eigenvalue weighted by Crippen LogP contribution is -2.47. The standard InChI is InChI=1S/C20H25NO4Si/c1-6-26(7-2,8-3)19-16(24-5)11-15(23-4)17-14-12-21-10-9-13(14)20(22)25-18(17)19/h9-12H,6-8H2,1-5H3. The van der Waals surface area contributed by atoms with Gasteiger partial charge in [0, 0.05) is 29.0 Å². The highest BCUT2D eigenvalue weighted by molar-refractivity contribution is 6.93. The first kappa shape index (κ1) is 18.4. The van der Waals surface area contributed by atoms with Crippen LogP contribution in [0.2, 0.25) is 18.1 Å². The van der Waals surface area contributed by atoms with Crippen molar-refractivity contribution in [2.75, 3.05) is 14.2 Å². The van der Waals surface area contributed by atoms with Gasteiger partial charge in [-0.2, -0.15) is 0 Å². The number of benzene rings is 1. The molecule has 0 aliphatic carbocycles. The van der Waals surface area contributed by atoms with Gasteiger partial charge in [0.25, 0.3) is 0 Å². The van der Waals surface area contributed by atoms with Gasteiger partial charge in [0.1, 0.15) is 17.1 Å². The van der Waals surface area contributed by atoms with Crippen LogP contribution in [0.5, 0.6) is 11.5 Å². The van der Waals surface area contributed by atoms with E-state index in [1.807, 2.05) is 6.07 Å². The lowest BCUT2D eigenvalue weighted by atomic mass is 10.1. The second kappa shape index (κ2) is 7.11. The maximum atomic E-state index is 12.7. The molecule has 0 saturated carbocycles. The minimum Gasteiger partial charge on any atom is -0.497 e. The number of hydrogen-bond acceptors (Lipinski definition) is 5. The quantitative estimate of drug-likeness (QED) is 0.371. The fraction of sp³-hybridized carbons (Fsp3) is 0.400. The zero-order valence-electron chi connectivity index (χ0n) is 16.0. The normalized spacial score (nSPS) is 11.9. The molecule has 0 spiro atoms. The van der Waals surface area contributed by atoms with Crippen LogP contribution in [-0.4, -0.2) is 27.3 Å². The van der Waals surface area contributed by atoms with Crippen LogP contribution in [0.25, 0.3) is 21.7 Å². The summed E-state index contributed by atoms with van der Waals surface area (Å²) < 4.78 is 17.3. The number of rotatable bonds is 6. The third-order valence-electron chi connectivity index (χ3n) is 5.71. The predicted molar refractivity (Wildman–Crippen MR) is 108 cm³/mol. The lowest BCUT2D eigenvalue weighted by molar-refractivity contribution is 0.398. The summed E-state index contributed by atoms with van der Waals surface area (Å²) in [6.45, 7) is 6.65. The molecule has 3 rings (SSSR count). The lowest BCUT2D eigenvalue weighted by Gasteiger charge is -2.31. The number of fused-ring (bicyclic) bond motifs is 3. The van der Waals surface area contributed by atoms with Crippen molar-refractivity contribution in [3.8, 4) is 11.5 Å². The molecule has 0 amide bonds. The Morgan fingerprint density at radius 1 is 1.04 bits per heavy atom. The van der Waals surface area contributed by atoms with Gasteiger partial charge in [-0.3, -0.25) is 4.98 Å². The van der Waals surface area contributed by atoms with Gasteiger partial charge in [0.15, 0.2) is 0 Å². The molecule has 138 valence electrons. The van der Waals surface area contributed by atoms with Gasteiger partial charge in [-0.15, -0.1) is 0 Å². The van der Waals surface area contributed by atoms with Crippen LogP contribution >= 0.6 is 0 Å². The van der Waals surface area contributed by atoms with Gasteiger partial charge in [-0.05, 0) is 6.07 Å². The van der Waals surface area contributed by atoms with Gasteiger partial charge in [0.2, 0.25) is 0 Å². The number of ether oxygens (including phenoxy) is 2. The summed E-state index contributed by atoms with van der Waals surface area (Å²) in [5.41, 5.74) is 0.251. The second-order valence-electron chi connectivity index (χ2n) is 6.51. The first-order chi connectivity index (χ1) is 12.6. The van der Waals surface area contributed by atoms with E-state index >= 15 is 0 Å². The first-order valence-electron chi connectivity index (χ1n) is 9.02. The van der Waals surface area contributed by atoms with E-state index in [1.54, 1.807) is 32.7 Å². The topological polar surface area (TPSA) is 61.6 Å². The summed E-state index contributed by atoms with van der Waals surface area (Å²) in [6, 6.07) is 6.76. The fourth-order valence-electron chi connectivity index (χ4n) is 3.99. The number of methoxy groups -OCH3 is 2. The van der Waals surface area contributed by atoms with Crippen LogP contribution in [-0.2, 0) is 0 Å². The van der Waals surface area contributed by atoms with Crippen molar-refractivity contribution in [1.82, 2.24) is 4.98 Å². The van der Waals surface area contributed by atoms with E-state index in [1.165, 1.54) is 0 Å². The summed E-state index contributed by atoms with van der Waals surface area (Å²) >= 11 is 0. The third-order valence-corrected chi connectivity index (χ3v) is 11.3. The van der Waals surface area contributed by atoms with E-state index in [-0.39, 0.29) is 5.63 Å². The number of hydrogen-bond donors (Lipinski definition) is 0. The molecule has 0 radical (unpaired) electrons. The van der Waals surface area contributed by atoms with Crippen LogP contribution in [0.4, 0.5) is 0 Å². The zero-order valence-corrected chi connectivity index (χ0v) is 17.0. The molecule has 0 fully saturated rings. The van der Waals surface area contributed by atoms with Crippen molar-refractivity contribution < 1.29 is 13.9 Å². The SMILES string of the molecule is CC[Si](CC)(CC)c1c(OC)cc(OC)c2c1oc(=O)c1ccncc12. The molecule has 0 N–H and O–H groups in total. The van der Waals surface area contributed by atoms with Crippen molar-refractivity contribution >= 4 is 35.0 Å². The van der Waals surface area contributed by atoms with Crippen LogP contribution < -0.4 is 20.3 Å². The molecular formula is C20H25NO4Si. The Morgan fingerprint density at radius 3 is 2.27 bits per heavy atom. The third kappa shape index (κ3) is 2.60. The van der Waals surface area contributed by atoms with Crippen molar-refractivity contribution in [2.45, 2.75) is 38.9 Å². The molecular weight excluding hydrogens is 346 g/mol. The van der Waals surface area contributed by atoms with Crippen molar-refractivity contribution in [1.29, 1.82) is 0 Å². The molecule has 1 aromatic carbocycles. The van der Waals surface area contributed by atoms with Gasteiger partial charge in [-0.25, -0.2) is 4.79 Å². The molecule has 5 nitrogen and oxygen atoms in total. The minimum atomic E-state index is -1.90. The molecule has 0 aliphatic heterocycles. The molecule has 0 unspecified atom stereocenters. The van der Waals surface area contributed by atoms with Gasteiger partial charge >= 0.3 is 5.63 Å². The van der Waals surface area contributed by atoms with Crippen LogP contribution in [0.3, 0.4) is 0 Å². The van der Waals surface area contributed by atoms with Crippen LogP contribution in [0.1, 0.15) is 20.8 Å². The molecule has 2 heterocycles. The minimum absolute atomic E-state index is 0.349. The average Bonchev–Trinajstić information content (AvgIpc) is 2.69. The predicted octanol–water partition coefficient (Wildman–Crippen LogP) is 4.07. The van der Waals surface area contributed by atoms with Gasteiger partial charge < -0.3 is 13.9 Å². The summed E-state index contributed by atoms with van der Waals surface area (Å²) in [6.07, 6.45) is 3.31. The molecule has 0 saturated heterocycles. The Hall–Kier alpha value is -2.34. The Morgan fingerprint density at radius 2 is 1.69 bits per heavy atom. The molecule has 0 atom stereocenters. The monoisotopic (exact) mass is 371 g/mol. The van der Waals surface area contributed by atoms with Crippen LogP contribution in [0, 0.1) is 0 Å². The highest BCUT2D eigenvalue weighted by Gasteiger charge is 2.36. The van der Waals surface area contributed by atoms with E-state index in [9.17, 15) is 4.79 Å². The van der Waals surface area contributed by atoms with E-state index in [0.29, 0.717) is 16.7 Å². The molecule has 2 aromatic heterocycles. The number of nitrogens with zero attached hydrogens (tertiary/aromatic N) is 1. The van der Waals surface area contributed by atoms with Gasteiger partial charge in [-0.1, -0.05) is 38.9 Å². The Bertz CT molecular complexity index is 1000. The van der Waals surface area contributed by atoms with E-state index in [0.717, 1.165) is 39.8 Å². The van der Waals surface area contributed by atoms with Crippen LogP contribution in [0.15, 0.2) is 33.7 Å². The molecule has 0 bridgehead atoms. The molecule has 6 heteroatoms. The largest absolute Gasteiger partial charge is 0.497 e. The summed E-state index contributed by atoms with van der Waals surface area (Å²) in [4.78, 5) is 16.9. The number of pyridine rings is 1. The fourth-order valence-corrected chi connectivity index (χ4v) is 7.91. The van der Waals surface area contributed by atoms with E-state index < -0.39 is 8.07 Å². The highest BCUT2D eigenvalue weighted by Crippen LogP contribution is 2.37. The van der Waals surface area contributed by atoms with Crippen molar-refractivity contribution in [3.05, 3.63) is 34.9 Å². The first-order valence-corrected chi connectivity index (χ1v) is 11.6. The van der Waals surface area contributed by atoms with Crippen molar-refractivity contribution in [3.63, 3.8) is 0 Å². The maximum Gasteiger partial charge on any atom is 0.344 e. The average molecular weight is 372 g/mol. The Balaban J connectivity index is 2.62. The highest BCUT2D eigenvalue weighted by atomic mass is 28.3. The van der Waals surface area contributed by atoms with E-state index in [2.05, 4.69) is 25.8 Å². The Labute approximate surface area is 154 Å². The smallest absolute Gasteiger partial charge is 0.344 e. The zero-order chi connectivity index (χ0) is 18.9. The molecule has 26 heavy (non-hydrogen) atoms. The maximum absolute atomic E-state index is 12.7. The summed E-state index contributed by atoms with van der Waals surface area (Å²) in [5.74, 6) is 1.38. The Kier molecular flexibility index (Phi) is 5.05. The summed E-state index contributed by atoms with van der Waals surface area (Å²) in [7, 11) is 1.37. The van der Waals surface area contributed by atoms with Gasteiger partial charge in [0.05, 0.1) is 33.1 Å². The van der Waals surface area contributed by atoms with E-state index in [4.69, 9.17) is 13.9 Å². The summed E-state index contributed by atoms with van der Waals surface area (Å²) in [5, 5.41) is 3.15. The molecule has 3 aromatic rings. The van der Waals surface area contributed by atoms with Crippen molar-refractivity contribution in [2.24, 2.45) is 0 Å². The second-order valence-corrected chi connectivity index (χ2v) is 11.7. The number of aromatic nitrogens is 1. The molecule has 0 aliphatic rings.